The summed E-state index contributed by atoms with van der Waals surface area (Å²) in [6.07, 6.45) is 0.0866. The molecular formula is C17H16O8. The summed E-state index contributed by atoms with van der Waals surface area (Å²) in [5.41, 5.74) is 0.381. The van der Waals surface area contributed by atoms with Crippen molar-refractivity contribution < 1.29 is 39.6 Å². The highest BCUT2D eigenvalue weighted by molar-refractivity contribution is 5.97. The molecule has 2 aromatic carbocycles. The summed E-state index contributed by atoms with van der Waals surface area (Å²) in [6, 6.07) is 9.15. The molecule has 25 heavy (non-hydrogen) atoms. The monoisotopic (exact) mass is 348 g/mol. The van der Waals surface area contributed by atoms with Gasteiger partial charge in [0.1, 0.15) is 0 Å². The van der Waals surface area contributed by atoms with Crippen LogP contribution in [0.5, 0.6) is 0 Å². The standard InChI is InChI=1S/C12H8O4.C5H8O4/c13-11(14)9-3-1-7-5-10(12(15)16)4-2-8(7)6-9;6-4(7)2-1-3-5(8)9/h1-6H,(H,13,14)(H,15,16);1-3H2,(H,6,7)(H,8,9). The Morgan fingerprint density at radius 3 is 1.28 bits per heavy atom. The van der Waals surface area contributed by atoms with Crippen molar-refractivity contribution in [3.8, 4) is 0 Å². The molecule has 0 aliphatic carbocycles. The van der Waals surface area contributed by atoms with E-state index < -0.39 is 23.9 Å². The van der Waals surface area contributed by atoms with Crippen molar-refractivity contribution in [2.24, 2.45) is 0 Å². The van der Waals surface area contributed by atoms with E-state index in [-0.39, 0.29) is 30.4 Å². The van der Waals surface area contributed by atoms with E-state index in [0.717, 1.165) is 0 Å². The minimum absolute atomic E-state index is 0.0632. The largest absolute Gasteiger partial charge is 0.481 e. The lowest BCUT2D eigenvalue weighted by molar-refractivity contribution is -0.138. The highest BCUT2D eigenvalue weighted by atomic mass is 16.4. The predicted molar refractivity (Wildman–Crippen MR) is 87.0 cm³/mol. The molecule has 0 saturated carbocycles. The highest BCUT2D eigenvalue weighted by Crippen LogP contribution is 2.18. The van der Waals surface area contributed by atoms with Crippen LogP contribution in [-0.2, 0) is 9.59 Å². The minimum atomic E-state index is -0.996. The maximum absolute atomic E-state index is 10.7. The van der Waals surface area contributed by atoms with Crippen molar-refractivity contribution >= 4 is 34.6 Å². The van der Waals surface area contributed by atoms with Crippen LogP contribution in [0.4, 0.5) is 0 Å². The molecule has 2 aromatic rings. The van der Waals surface area contributed by atoms with Crippen LogP contribution in [-0.4, -0.2) is 44.3 Å². The summed E-state index contributed by atoms with van der Waals surface area (Å²) in [5.74, 6) is -3.89. The number of rotatable bonds is 6. The van der Waals surface area contributed by atoms with Crippen LogP contribution in [0.1, 0.15) is 40.0 Å². The second-order valence-corrected chi connectivity index (χ2v) is 5.03. The summed E-state index contributed by atoms with van der Waals surface area (Å²) in [4.78, 5) is 41.0. The summed E-state index contributed by atoms with van der Waals surface area (Å²) >= 11 is 0. The lowest BCUT2D eigenvalue weighted by Gasteiger charge is -2.01. The molecule has 0 fully saturated rings. The number of aromatic carboxylic acids is 2. The van der Waals surface area contributed by atoms with Gasteiger partial charge in [0.15, 0.2) is 0 Å². The van der Waals surface area contributed by atoms with Crippen molar-refractivity contribution in [3.63, 3.8) is 0 Å². The quantitative estimate of drug-likeness (QED) is 0.622. The van der Waals surface area contributed by atoms with Gasteiger partial charge >= 0.3 is 23.9 Å². The number of carboxylic acid groups (broad SMARTS) is 4. The first-order valence-electron chi connectivity index (χ1n) is 7.14. The molecule has 8 nitrogen and oxygen atoms in total. The van der Waals surface area contributed by atoms with Gasteiger partial charge in [-0.15, -0.1) is 0 Å². The first-order valence-corrected chi connectivity index (χ1v) is 7.14. The molecule has 0 spiro atoms. The Morgan fingerprint density at radius 1 is 0.640 bits per heavy atom. The van der Waals surface area contributed by atoms with Crippen LogP contribution >= 0.6 is 0 Å². The van der Waals surface area contributed by atoms with E-state index in [1.165, 1.54) is 24.3 Å². The van der Waals surface area contributed by atoms with E-state index in [1.807, 2.05) is 0 Å². The number of aliphatic carboxylic acids is 2. The minimum Gasteiger partial charge on any atom is -0.481 e. The van der Waals surface area contributed by atoms with Crippen molar-refractivity contribution in [2.45, 2.75) is 19.3 Å². The molecule has 0 bridgehead atoms. The van der Waals surface area contributed by atoms with Gasteiger partial charge in [-0.3, -0.25) is 9.59 Å². The van der Waals surface area contributed by atoms with E-state index in [1.54, 1.807) is 12.1 Å². The molecule has 0 saturated heterocycles. The molecule has 0 amide bonds. The number of hydrogen-bond acceptors (Lipinski definition) is 4. The first-order chi connectivity index (χ1) is 11.7. The summed E-state index contributed by atoms with van der Waals surface area (Å²) in [7, 11) is 0. The molecule has 2 rings (SSSR count). The van der Waals surface area contributed by atoms with Gasteiger partial charge < -0.3 is 20.4 Å². The zero-order chi connectivity index (χ0) is 19.0. The zero-order valence-corrected chi connectivity index (χ0v) is 13.0. The number of hydrogen-bond donors (Lipinski definition) is 4. The third-order valence-corrected chi connectivity index (χ3v) is 3.12. The third kappa shape index (κ3) is 6.69. The van der Waals surface area contributed by atoms with Gasteiger partial charge in [0.2, 0.25) is 0 Å². The average Bonchev–Trinajstić information content (AvgIpc) is 2.53. The van der Waals surface area contributed by atoms with Crippen LogP contribution in [0, 0.1) is 0 Å². The Kier molecular flexibility index (Phi) is 7.08. The predicted octanol–water partition coefficient (Wildman–Crippen LogP) is 2.56. The maximum atomic E-state index is 10.7. The molecule has 0 heterocycles. The number of carboxylic acids is 4. The first kappa shape index (κ1) is 19.6. The topological polar surface area (TPSA) is 149 Å². The van der Waals surface area contributed by atoms with Gasteiger partial charge in [-0.25, -0.2) is 9.59 Å². The maximum Gasteiger partial charge on any atom is 0.335 e. The Morgan fingerprint density at radius 2 is 1.00 bits per heavy atom. The van der Waals surface area contributed by atoms with Crippen LogP contribution in [0.15, 0.2) is 36.4 Å². The highest BCUT2D eigenvalue weighted by Gasteiger charge is 2.06. The fraction of sp³-hybridized carbons (Fsp3) is 0.176. The van der Waals surface area contributed by atoms with Gasteiger partial charge in [0, 0.05) is 12.8 Å². The number of benzene rings is 2. The van der Waals surface area contributed by atoms with Gasteiger partial charge in [0.05, 0.1) is 11.1 Å². The molecule has 0 aromatic heterocycles. The molecule has 132 valence electrons. The Bertz CT molecular complexity index is 742. The lowest BCUT2D eigenvalue weighted by atomic mass is 10.0. The number of fused-ring (bicyclic) bond motifs is 1. The Hall–Kier alpha value is -3.42. The van der Waals surface area contributed by atoms with E-state index in [9.17, 15) is 19.2 Å². The van der Waals surface area contributed by atoms with Gasteiger partial charge in [0.25, 0.3) is 0 Å². The molecule has 8 heteroatoms. The fourth-order valence-corrected chi connectivity index (χ4v) is 1.90. The molecule has 0 radical (unpaired) electrons. The van der Waals surface area contributed by atoms with E-state index >= 15 is 0 Å². The van der Waals surface area contributed by atoms with E-state index in [4.69, 9.17) is 20.4 Å². The summed E-state index contributed by atoms with van der Waals surface area (Å²) in [6.45, 7) is 0. The van der Waals surface area contributed by atoms with Crippen LogP contribution in [0.3, 0.4) is 0 Å². The second kappa shape index (κ2) is 9.02. The summed E-state index contributed by atoms with van der Waals surface area (Å²) < 4.78 is 0. The molecule has 0 atom stereocenters. The molecule has 4 N–H and O–H groups in total. The zero-order valence-electron chi connectivity index (χ0n) is 13.0. The Labute approximate surface area is 141 Å². The molecular weight excluding hydrogens is 332 g/mol. The van der Waals surface area contributed by atoms with Crippen molar-refractivity contribution in [3.05, 3.63) is 47.5 Å². The SMILES string of the molecule is O=C(O)CCCC(=O)O.O=C(O)c1ccc2cc(C(=O)O)ccc2c1. The van der Waals surface area contributed by atoms with Crippen molar-refractivity contribution in [2.75, 3.05) is 0 Å². The molecule has 0 unspecified atom stereocenters. The van der Waals surface area contributed by atoms with Crippen LogP contribution in [0.2, 0.25) is 0 Å². The Balaban J connectivity index is 0.000000299. The van der Waals surface area contributed by atoms with Crippen LogP contribution in [0.25, 0.3) is 10.8 Å². The second-order valence-electron chi connectivity index (χ2n) is 5.03. The fourth-order valence-electron chi connectivity index (χ4n) is 1.90. The normalized spacial score (nSPS) is 9.76. The van der Waals surface area contributed by atoms with E-state index in [2.05, 4.69) is 0 Å². The van der Waals surface area contributed by atoms with Gasteiger partial charge in [-0.05, 0) is 41.5 Å². The van der Waals surface area contributed by atoms with E-state index in [0.29, 0.717) is 10.8 Å². The lowest BCUT2D eigenvalue weighted by Crippen LogP contribution is -1.98. The number of carbonyl (C=O) groups is 4. The van der Waals surface area contributed by atoms with Gasteiger partial charge in [-0.2, -0.15) is 0 Å². The third-order valence-electron chi connectivity index (χ3n) is 3.12. The summed E-state index contributed by atoms with van der Waals surface area (Å²) in [5, 5.41) is 35.1. The average molecular weight is 348 g/mol. The van der Waals surface area contributed by atoms with Crippen molar-refractivity contribution in [1.29, 1.82) is 0 Å². The van der Waals surface area contributed by atoms with Gasteiger partial charge in [-0.1, -0.05) is 12.1 Å². The van der Waals surface area contributed by atoms with Crippen molar-refractivity contribution in [1.82, 2.24) is 0 Å². The molecule has 0 aliphatic heterocycles. The smallest absolute Gasteiger partial charge is 0.335 e. The molecule has 0 aliphatic rings. The van der Waals surface area contributed by atoms with Crippen LogP contribution < -0.4 is 0 Å².